The van der Waals surface area contributed by atoms with Gasteiger partial charge in [-0.05, 0) is 18.8 Å². The first-order valence-corrected chi connectivity index (χ1v) is 6.24. The second kappa shape index (κ2) is 3.94. The third-order valence-electron chi connectivity index (χ3n) is 2.27. The minimum atomic E-state index is -3.15. The number of halogens is 1. The maximum Gasteiger partial charge on any atom is 0.228 e. The normalized spacial score (nSPS) is 22.8. The van der Waals surface area contributed by atoms with E-state index in [4.69, 9.17) is 11.6 Å². The van der Waals surface area contributed by atoms with Crippen molar-refractivity contribution in [2.24, 2.45) is 5.92 Å². The van der Waals surface area contributed by atoms with Crippen LogP contribution in [0.1, 0.15) is 19.8 Å². The lowest BCUT2D eigenvalue weighted by molar-refractivity contribution is 0.289. The third kappa shape index (κ3) is 2.34. The number of hydrogen-bond donors (Lipinski definition) is 0. The Morgan fingerprint density at radius 1 is 1.42 bits per heavy atom. The highest BCUT2D eigenvalue weighted by molar-refractivity contribution is 7.90. The van der Waals surface area contributed by atoms with E-state index in [1.54, 1.807) is 0 Å². The molecule has 1 heterocycles. The highest BCUT2D eigenvalue weighted by atomic mass is 35.5. The first kappa shape index (κ1) is 10.3. The molecular weight excluding hydrogens is 198 g/mol. The van der Waals surface area contributed by atoms with Gasteiger partial charge in [-0.2, -0.15) is 0 Å². The van der Waals surface area contributed by atoms with Gasteiger partial charge >= 0.3 is 0 Å². The number of sulfonamides is 1. The van der Waals surface area contributed by atoms with E-state index in [1.165, 1.54) is 4.31 Å². The van der Waals surface area contributed by atoms with Crippen LogP contribution in [0.3, 0.4) is 0 Å². The van der Waals surface area contributed by atoms with E-state index in [0.29, 0.717) is 19.0 Å². The first-order chi connectivity index (χ1) is 5.56. The van der Waals surface area contributed by atoms with Crippen LogP contribution in [-0.2, 0) is 10.0 Å². The van der Waals surface area contributed by atoms with E-state index in [0.717, 1.165) is 12.8 Å². The van der Waals surface area contributed by atoms with Crippen molar-refractivity contribution in [3.63, 3.8) is 0 Å². The minimum Gasteiger partial charge on any atom is -0.211 e. The van der Waals surface area contributed by atoms with Gasteiger partial charge in [0.15, 0.2) is 0 Å². The van der Waals surface area contributed by atoms with Gasteiger partial charge in [0.2, 0.25) is 10.0 Å². The lowest BCUT2D eigenvalue weighted by Gasteiger charge is -2.28. The molecule has 0 radical (unpaired) electrons. The molecule has 0 atom stereocenters. The van der Waals surface area contributed by atoms with E-state index in [1.807, 2.05) is 0 Å². The Morgan fingerprint density at radius 2 is 1.92 bits per heavy atom. The fourth-order valence-electron chi connectivity index (χ4n) is 1.33. The topological polar surface area (TPSA) is 37.4 Å². The van der Waals surface area contributed by atoms with Crippen LogP contribution in [-0.4, -0.2) is 31.0 Å². The van der Waals surface area contributed by atoms with Crippen molar-refractivity contribution in [1.29, 1.82) is 0 Å². The standard InChI is InChI=1S/C7H14ClNO2S/c1-7-2-4-9(5-3-7)12(10,11)6-8/h7H,2-6H2,1H3. The molecule has 0 aromatic rings. The van der Waals surface area contributed by atoms with Gasteiger partial charge in [-0.3, -0.25) is 0 Å². The van der Waals surface area contributed by atoms with Crippen LogP contribution in [0.15, 0.2) is 0 Å². The fourth-order valence-corrected chi connectivity index (χ4v) is 2.65. The molecule has 0 N–H and O–H groups in total. The molecule has 72 valence electrons. The van der Waals surface area contributed by atoms with Gasteiger partial charge in [-0.25, -0.2) is 12.7 Å². The van der Waals surface area contributed by atoms with Gasteiger partial charge in [0.25, 0.3) is 0 Å². The summed E-state index contributed by atoms with van der Waals surface area (Å²) in [5.74, 6) is 0.645. The van der Waals surface area contributed by atoms with Gasteiger partial charge in [-0.15, -0.1) is 11.6 Å². The van der Waals surface area contributed by atoms with Crippen molar-refractivity contribution in [3.8, 4) is 0 Å². The Labute approximate surface area is 78.7 Å². The van der Waals surface area contributed by atoms with Crippen molar-refractivity contribution in [2.45, 2.75) is 19.8 Å². The molecule has 0 aromatic heterocycles. The van der Waals surface area contributed by atoms with Crippen LogP contribution < -0.4 is 0 Å². The Morgan fingerprint density at radius 3 is 2.33 bits per heavy atom. The number of piperidine rings is 1. The lowest BCUT2D eigenvalue weighted by atomic mass is 10.0. The maximum absolute atomic E-state index is 11.3. The third-order valence-corrected chi connectivity index (χ3v) is 4.53. The molecule has 1 aliphatic heterocycles. The van der Waals surface area contributed by atoms with Crippen LogP contribution in [0.4, 0.5) is 0 Å². The average Bonchev–Trinajstić information content (AvgIpc) is 2.05. The van der Waals surface area contributed by atoms with Gasteiger partial charge in [0.1, 0.15) is 5.21 Å². The van der Waals surface area contributed by atoms with Crippen molar-refractivity contribution in [1.82, 2.24) is 4.31 Å². The van der Waals surface area contributed by atoms with E-state index in [-0.39, 0.29) is 5.21 Å². The second-order valence-electron chi connectivity index (χ2n) is 3.30. The Kier molecular flexibility index (Phi) is 3.37. The van der Waals surface area contributed by atoms with E-state index >= 15 is 0 Å². The molecule has 0 unspecified atom stereocenters. The highest BCUT2D eigenvalue weighted by Crippen LogP contribution is 2.19. The molecule has 5 heteroatoms. The molecule has 3 nitrogen and oxygen atoms in total. The minimum absolute atomic E-state index is 0.290. The predicted octanol–water partition coefficient (Wildman–Crippen LogP) is 1.24. The monoisotopic (exact) mass is 211 g/mol. The Balaban J connectivity index is 2.56. The molecule has 0 bridgehead atoms. The molecule has 1 rings (SSSR count). The molecule has 0 aliphatic carbocycles. The number of rotatable bonds is 2. The van der Waals surface area contributed by atoms with Crippen LogP contribution >= 0.6 is 11.6 Å². The quantitative estimate of drug-likeness (QED) is 0.645. The first-order valence-electron chi connectivity index (χ1n) is 4.10. The van der Waals surface area contributed by atoms with Crippen LogP contribution in [0.5, 0.6) is 0 Å². The SMILES string of the molecule is CC1CCN(S(=O)(=O)CCl)CC1. The zero-order chi connectivity index (χ0) is 9.19. The molecule has 12 heavy (non-hydrogen) atoms. The summed E-state index contributed by atoms with van der Waals surface area (Å²) in [5, 5.41) is -0.290. The lowest BCUT2D eigenvalue weighted by Crippen LogP contribution is -2.38. The summed E-state index contributed by atoms with van der Waals surface area (Å²) in [4.78, 5) is 0. The average molecular weight is 212 g/mol. The zero-order valence-corrected chi connectivity index (χ0v) is 8.74. The summed E-state index contributed by atoms with van der Waals surface area (Å²) < 4.78 is 24.0. The largest absolute Gasteiger partial charge is 0.228 e. The zero-order valence-electron chi connectivity index (χ0n) is 7.16. The molecular formula is C7H14ClNO2S. The van der Waals surface area contributed by atoms with Crippen molar-refractivity contribution >= 4 is 21.6 Å². The van der Waals surface area contributed by atoms with Crippen LogP contribution in [0.25, 0.3) is 0 Å². The molecule has 0 aromatic carbocycles. The van der Waals surface area contributed by atoms with Crippen LogP contribution in [0, 0.1) is 5.92 Å². The fraction of sp³-hybridized carbons (Fsp3) is 1.00. The summed E-state index contributed by atoms with van der Waals surface area (Å²) in [6.07, 6.45) is 1.91. The van der Waals surface area contributed by atoms with Gasteiger partial charge in [0.05, 0.1) is 0 Å². The summed E-state index contributed by atoms with van der Waals surface area (Å²) in [6.45, 7) is 3.41. The Bertz CT molecular complexity index is 232. The number of alkyl halides is 1. The van der Waals surface area contributed by atoms with E-state index < -0.39 is 10.0 Å². The maximum atomic E-state index is 11.3. The summed E-state index contributed by atoms with van der Waals surface area (Å²) in [7, 11) is -3.15. The molecule has 0 spiro atoms. The van der Waals surface area contributed by atoms with Gasteiger partial charge < -0.3 is 0 Å². The molecule has 1 aliphatic rings. The van der Waals surface area contributed by atoms with E-state index in [2.05, 4.69) is 6.92 Å². The summed E-state index contributed by atoms with van der Waals surface area (Å²) in [5.41, 5.74) is 0. The molecule has 1 fully saturated rings. The van der Waals surface area contributed by atoms with Crippen molar-refractivity contribution < 1.29 is 8.42 Å². The van der Waals surface area contributed by atoms with Crippen LogP contribution in [0.2, 0.25) is 0 Å². The van der Waals surface area contributed by atoms with Crippen molar-refractivity contribution in [2.75, 3.05) is 18.3 Å². The van der Waals surface area contributed by atoms with Gasteiger partial charge in [-0.1, -0.05) is 6.92 Å². The highest BCUT2D eigenvalue weighted by Gasteiger charge is 2.25. The molecule has 1 saturated heterocycles. The number of nitrogens with zero attached hydrogens (tertiary/aromatic N) is 1. The van der Waals surface area contributed by atoms with E-state index in [9.17, 15) is 8.42 Å². The smallest absolute Gasteiger partial charge is 0.211 e. The number of hydrogen-bond acceptors (Lipinski definition) is 2. The van der Waals surface area contributed by atoms with Gasteiger partial charge in [0, 0.05) is 13.1 Å². The molecule has 0 amide bonds. The summed E-state index contributed by atoms with van der Waals surface area (Å²) in [6, 6.07) is 0. The summed E-state index contributed by atoms with van der Waals surface area (Å²) >= 11 is 5.33. The second-order valence-corrected chi connectivity index (χ2v) is 5.86. The predicted molar refractivity (Wildman–Crippen MR) is 49.6 cm³/mol. The molecule has 0 saturated carbocycles. The Hall–Kier alpha value is 0.200. The van der Waals surface area contributed by atoms with Crippen molar-refractivity contribution in [3.05, 3.63) is 0 Å².